The predicted octanol–water partition coefficient (Wildman–Crippen LogP) is 3.92. The maximum atomic E-state index is 10.5. The van der Waals surface area contributed by atoms with Gasteiger partial charge in [0.05, 0.1) is 6.10 Å². The summed E-state index contributed by atoms with van der Waals surface area (Å²) in [6, 6.07) is 18.9. The van der Waals surface area contributed by atoms with Gasteiger partial charge in [-0.25, -0.2) is 0 Å². The normalized spacial score (nSPS) is 21.9. The van der Waals surface area contributed by atoms with E-state index in [9.17, 15) is 5.11 Å². The first kappa shape index (κ1) is 12.4. The maximum Gasteiger partial charge on any atom is 0.0821 e. The highest BCUT2D eigenvalue weighted by atomic mass is 16.3. The number of fused-ring (bicyclic) bond motifs is 1. The number of aliphatic hydroxyl groups excluding tert-OH is 1. The second-order valence-electron chi connectivity index (χ2n) is 5.47. The van der Waals surface area contributed by atoms with Crippen LogP contribution in [0.2, 0.25) is 0 Å². The van der Waals surface area contributed by atoms with Crippen LogP contribution in [0.4, 0.5) is 0 Å². The molecule has 0 fully saturated rings. The first-order valence-electron chi connectivity index (χ1n) is 7.14. The van der Waals surface area contributed by atoms with Gasteiger partial charge in [-0.15, -0.1) is 0 Å². The molecule has 0 spiro atoms. The number of aliphatic hydroxyl groups is 1. The third kappa shape index (κ3) is 2.71. The summed E-state index contributed by atoms with van der Waals surface area (Å²) in [7, 11) is 0. The molecule has 1 nitrogen and oxygen atoms in total. The van der Waals surface area contributed by atoms with Gasteiger partial charge in [0.15, 0.2) is 0 Å². The molecule has 1 N–H and O–H groups in total. The van der Waals surface area contributed by atoms with Crippen LogP contribution in [0.3, 0.4) is 0 Å². The molecule has 3 rings (SSSR count). The molecule has 2 aromatic rings. The van der Waals surface area contributed by atoms with Crippen molar-refractivity contribution in [2.45, 2.75) is 31.8 Å². The summed E-state index contributed by atoms with van der Waals surface area (Å²) in [4.78, 5) is 0. The Kier molecular flexibility index (Phi) is 3.65. The Morgan fingerprint density at radius 2 is 1.68 bits per heavy atom. The number of rotatable bonds is 3. The molecular weight excluding hydrogens is 232 g/mol. The van der Waals surface area contributed by atoms with Crippen LogP contribution in [0.25, 0.3) is 0 Å². The van der Waals surface area contributed by atoms with Crippen molar-refractivity contribution >= 4 is 0 Å². The van der Waals surface area contributed by atoms with Crippen molar-refractivity contribution in [1.82, 2.24) is 0 Å². The van der Waals surface area contributed by atoms with Crippen molar-refractivity contribution in [2.24, 2.45) is 5.92 Å². The fraction of sp³-hybridized carbons (Fsp3) is 0.333. The van der Waals surface area contributed by atoms with Gasteiger partial charge in [0.1, 0.15) is 0 Å². The summed E-state index contributed by atoms with van der Waals surface area (Å²) in [6.45, 7) is 0. The zero-order valence-electron chi connectivity index (χ0n) is 11.1. The largest absolute Gasteiger partial charge is 0.388 e. The van der Waals surface area contributed by atoms with Crippen molar-refractivity contribution < 1.29 is 5.11 Å². The molecule has 0 aliphatic heterocycles. The maximum absolute atomic E-state index is 10.5. The molecule has 2 unspecified atom stereocenters. The Hall–Kier alpha value is -1.60. The van der Waals surface area contributed by atoms with E-state index in [0.717, 1.165) is 31.2 Å². The molecule has 0 saturated heterocycles. The van der Waals surface area contributed by atoms with E-state index < -0.39 is 0 Å². The summed E-state index contributed by atoms with van der Waals surface area (Å²) < 4.78 is 0. The molecule has 98 valence electrons. The summed E-state index contributed by atoms with van der Waals surface area (Å²) >= 11 is 0. The van der Waals surface area contributed by atoms with Crippen LogP contribution in [0.1, 0.15) is 35.6 Å². The first-order chi connectivity index (χ1) is 9.34. The van der Waals surface area contributed by atoms with Crippen molar-refractivity contribution in [2.75, 3.05) is 0 Å². The van der Waals surface area contributed by atoms with Crippen molar-refractivity contribution in [3.8, 4) is 0 Å². The van der Waals surface area contributed by atoms with Crippen molar-refractivity contribution in [1.29, 1.82) is 0 Å². The van der Waals surface area contributed by atoms with Crippen LogP contribution < -0.4 is 0 Å². The van der Waals surface area contributed by atoms with Crippen LogP contribution in [-0.2, 0) is 12.8 Å². The molecule has 2 aromatic carbocycles. The van der Waals surface area contributed by atoms with Gasteiger partial charge in [0, 0.05) is 0 Å². The SMILES string of the molecule is OC1c2ccccc2CCC1CCc1ccccc1. The zero-order chi connectivity index (χ0) is 13.1. The Labute approximate surface area is 114 Å². The quantitative estimate of drug-likeness (QED) is 0.878. The summed E-state index contributed by atoms with van der Waals surface area (Å²) in [5.41, 5.74) is 3.84. The standard InChI is InChI=1S/C18H20O/c19-18-16(11-10-14-6-2-1-3-7-14)13-12-15-8-4-5-9-17(15)18/h1-9,16,18-19H,10-13H2. The first-order valence-corrected chi connectivity index (χ1v) is 7.14. The van der Waals surface area contributed by atoms with Crippen LogP contribution in [-0.4, -0.2) is 5.11 Å². The fourth-order valence-electron chi connectivity index (χ4n) is 3.10. The number of hydrogen-bond donors (Lipinski definition) is 1. The van der Waals surface area contributed by atoms with Gasteiger partial charge in [0.2, 0.25) is 0 Å². The van der Waals surface area contributed by atoms with E-state index in [4.69, 9.17) is 0 Å². The highest BCUT2D eigenvalue weighted by Crippen LogP contribution is 2.36. The molecule has 1 aliphatic carbocycles. The lowest BCUT2D eigenvalue weighted by Crippen LogP contribution is -2.21. The van der Waals surface area contributed by atoms with Crippen LogP contribution in [0, 0.1) is 5.92 Å². The van der Waals surface area contributed by atoms with Crippen molar-refractivity contribution in [3.05, 3.63) is 71.3 Å². The van der Waals surface area contributed by atoms with Crippen LogP contribution in [0.5, 0.6) is 0 Å². The minimum atomic E-state index is -0.284. The van der Waals surface area contributed by atoms with E-state index in [0.29, 0.717) is 5.92 Å². The summed E-state index contributed by atoms with van der Waals surface area (Å²) in [6.07, 6.45) is 4.05. The Bertz CT molecular complexity index is 532. The third-order valence-electron chi connectivity index (χ3n) is 4.25. The van der Waals surface area contributed by atoms with Gasteiger partial charge in [0.25, 0.3) is 0 Å². The van der Waals surface area contributed by atoms with E-state index in [-0.39, 0.29) is 6.10 Å². The van der Waals surface area contributed by atoms with E-state index >= 15 is 0 Å². The fourth-order valence-corrected chi connectivity index (χ4v) is 3.10. The average Bonchev–Trinajstić information content (AvgIpc) is 2.48. The lowest BCUT2D eigenvalue weighted by atomic mass is 9.79. The van der Waals surface area contributed by atoms with E-state index in [2.05, 4.69) is 48.5 Å². The van der Waals surface area contributed by atoms with Gasteiger partial charge < -0.3 is 5.11 Å². The molecule has 1 heteroatoms. The van der Waals surface area contributed by atoms with Crippen molar-refractivity contribution in [3.63, 3.8) is 0 Å². The van der Waals surface area contributed by atoms with Gasteiger partial charge >= 0.3 is 0 Å². The molecule has 1 aliphatic rings. The molecule has 0 heterocycles. The van der Waals surface area contributed by atoms with E-state index in [1.807, 2.05) is 6.07 Å². The molecule has 0 radical (unpaired) electrons. The second-order valence-corrected chi connectivity index (χ2v) is 5.47. The smallest absolute Gasteiger partial charge is 0.0821 e. The van der Waals surface area contributed by atoms with Gasteiger partial charge in [-0.1, -0.05) is 54.6 Å². The molecular formula is C18H20O. The average molecular weight is 252 g/mol. The monoisotopic (exact) mass is 252 g/mol. The molecule has 2 atom stereocenters. The number of hydrogen-bond acceptors (Lipinski definition) is 1. The lowest BCUT2D eigenvalue weighted by Gasteiger charge is -2.30. The van der Waals surface area contributed by atoms with E-state index in [1.54, 1.807) is 0 Å². The molecule has 0 saturated carbocycles. The van der Waals surface area contributed by atoms with Gasteiger partial charge in [-0.3, -0.25) is 0 Å². The second kappa shape index (κ2) is 5.58. The summed E-state index contributed by atoms with van der Waals surface area (Å²) in [5, 5.41) is 10.5. The topological polar surface area (TPSA) is 20.2 Å². The molecule has 0 aromatic heterocycles. The molecule has 0 amide bonds. The van der Waals surface area contributed by atoms with Gasteiger partial charge in [-0.2, -0.15) is 0 Å². The zero-order valence-corrected chi connectivity index (χ0v) is 11.1. The van der Waals surface area contributed by atoms with Crippen LogP contribution >= 0.6 is 0 Å². The Morgan fingerprint density at radius 1 is 0.947 bits per heavy atom. The minimum absolute atomic E-state index is 0.284. The number of aryl methyl sites for hydroxylation is 2. The number of benzene rings is 2. The third-order valence-corrected chi connectivity index (χ3v) is 4.25. The van der Waals surface area contributed by atoms with E-state index in [1.165, 1.54) is 11.1 Å². The highest BCUT2D eigenvalue weighted by Gasteiger charge is 2.26. The molecule has 19 heavy (non-hydrogen) atoms. The van der Waals surface area contributed by atoms with Gasteiger partial charge in [-0.05, 0) is 48.3 Å². The predicted molar refractivity (Wildman–Crippen MR) is 78.0 cm³/mol. The Balaban J connectivity index is 1.68. The minimum Gasteiger partial charge on any atom is -0.388 e. The molecule has 0 bridgehead atoms. The summed E-state index contributed by atoms with van der Waals surface area (Å²) in [5.74, 6) is 0.398. The lowest BCUT2D eigenvalue weighted by molar-refractivity contribution is 0.0887. The Morgan fingerprint density at radius 3 is 2.53 bits per heavy atom. The highest BCUT2D eigenvalue weighted by molar-refractivity contribution is 5.31. The van der Waals surface area contributed by atoms with Crippen LogP contribution in [0.15, 0.2) is 54.6 Å².